The smallest absolute Gasteiger partial charge is 0.243 e. The van der Waals surface area contributed by atoms with Crippen LogP contribution in [0.4, 0.5) is 0 Å². The molecule has 0 radical (unpaired) electrons. The van der Waals surface area contributed by atoms with Crippen molar-refractivity contribution in [1.29, 1.82) is 0 Å². The monoisotopic (exact) mass is 546 g/mol. The highest BCUT2D eigenvalue weighted by Gasteiger charge is 2.30. The Morgan fingerprint density at radius 3 is 2.36 bits per heavy atom. The molecule has 0 aliphatic heterocycles. The first kappa shape index (κ1) is 25.3. The second-order valence-electron chi connectivity index (χ2n) is 7.66. The number of rotatable bonds is 9. The van der Waals surface area contributed by atoms with E-state index < -0.39 is 6.04 Å². The number of benzene rings is 3. The maximum Gasteiger partial charge on any atom is 0.243 e. The zero-order valence-electron chi connectivity index (χ0n) is 18.2. The van der Waals surface area contributed by atoms with Crippen molar-refractivity contribution in [3.8, 4) is 0 Å². The number of hydrogen-bond donors (Lipinski definition) is 1. The van der Waals surface area contributed by atoms with Crippen LogP contribution in [0.15, 0.2) is 77.3 Å². The van der Waals surface area contributed by atoms with Gasteiger partial charge >= 0.3 is 0 Å². The van der Waals surface area contributed by atoms with E-state index in [1.165, 1.54) is 0 Å². The molecule has 4 nitrogen and oxygen atoms in total. The van der Waals surface area contributed by atoms with E-state index in [2.05, 4.69) is 21.2 Å². The van der Waals surface area contributed by atoms with Gasteiger partial charge in [0.05, 0.1) is 6.42 Å². The van der Waals surface area contributed by atoms with Crippen molar-refractivity contribution >= 4 is 50.9 Å². The molecule has 1 N–H and O–H groups in total. The summed E-state index contributed by atoms with van der Waals surface area (Å²) >= 11 is 15.8. The van der Waals surface area contributed by atoms with Gasteiger partial charge in [0, 0.05) is 34.0 Å². The molecule has 0 unspecified atom stereocenters. The molecule has 1 atom stereocenters. The lowest BCUT2D eigenvalue weighted by molar-refractivity contribution is -0.140. The van der Waals surface area contributed by atoms with Crippen molar-refractivity contribution in [3.63, 3.8) is 0 Å². The second-order valence-corrected chi connectivity index (χ2v) is 9.42. The van der Waals surface area contributed by atoms with Crippen LogP contribution in [-0.2, 0) is 29.0 Å². The van der Waals surface area contributed by atoms with Gasteiger partial charge in [0.15, 0.2) is 0 Å². The van der Waals surface area contributed by atoms with Crippen molar-refractivity contribution in [2.75, 3.05) is 6.54 Å². The van der Waals surface area contributed by atoms with Crippen LogP contribution in [0.3, 0.4) is 0 Å². The zero-order chi connectivity index (χ0) is 23.8. The van der Waals surface area contributed by atoms with Crippen LogP contribution in [0, 0.1) is 0 Å². The molecular weight excluding hydrogens is 523 g/mol. The Hall–Kier alpha value is -2.34. The Kier molecular flexibility index (Phi) is 9.36. The summed E-state index contributed by atoms with van der Waals surface area (Å²) in [5, 5.41) is 3.83. The molecule has 7 heteroatoms. The van der Waals surface area contributed by atoms with Crippen molar-refractivity contribution < 1.29 is 9.59 Å². The summed E-state index contributed by atoms with van der Waals surface area (Å²) in [4.78, 5) is 28.4. The number of carbonyl (C=O) groups is 2. The molecule has 3 rings (SSSR count). The van der Waals surface area contributed by atoms with Gasteiger partial charge in [-0.15, -0.1) is 0 Å². The molecule has 3 aromatic carbocycles. The summed E-state index contributed by atoms with van der Waals surface area (Å²) in [6.07, 6.45) is 0.468. The summed E-state index contributed by atoms with van der Waals surface area (Å²) < 4.78 is 0.908. The third-order valence-corrected chi connectivity index (χ3v) is 6.30. The summed E-state index contributed by atoms with van der Waals surface area (Å²) in [5.41, 5.74) is 2.56. The topological polar surface area (TPSA) is 49.4 Å². The lowest BCUT2D eigenvalue weighted by atomic mass is 10.0. The maximum absolute atomic E-state index is 13.6. The molecule has 3 aromatic rings. The molecular formula is C26H25BrCl2N2O2. The average molecular weight is 548 g/mol. The standard InChI is InChI=1S/C26H25BrCl2N2O2/c1-2-30-26(33)24(14-18-7-4-3-5-8-18)31(17-19-9-6-10-21(27)13-19)25(32)15-20-11-12-22(28)16-23(20)29/h3-13,16,24H,2,14-15,17H2,1H3,(H,30,33)/t24-/m1/s1. The number of halogens is 3. The molecule has 0 bridgehead atoms. The molecule has 0 aromatic heterocycles. The fraction of sp³-hybridized carbons (Fsp3) is 0.231. The van der Waals surface area contributed by atoms with E-state index in [4.69, 9.17) is 23.2 Å². The van der Waals surface area contributed by atoms with Crippen LogP contribution in [0.5, 0.6) is 0 Å². The van der Waals surface area contributed by atoms with Crippen molar-refractivity contribution in [2.24, 2.45) is 0 Å². The highest BCUT2D eigenvalue weighted by Crippen LogP contribution is 2.24. The quantitative estimate of drug-likeness (QED) is 0.353. The molecule has 172 valence electrons. The van der Waals surface area contributed by atoms with Crippen molar-refractivity contribution in [3.05, 3.63) is 104 Å². The fourth-order valence-electron chi connectivity index (χ4n) is 3.61. The first-order chi connectivity index (χ1) is 15.9. The first-order valence-corrected chi connectivity index (χ1v) is 12.2. The van der Waals surface area contributed by atoms with Gasteiger partial charge in [-0.25, -0.2) is 0 Å². The van der Waals surface area contributed by atoms with Crippen LogP contribution in [0.25, 0.3) is 0 Å². The Morgan fingerprint density at radius 2 is 1.70 bits per heavy atom. The number of nitrogens with one attached hydrogen (secondary N) is 1. The molecule has 33 heavy (non-hydrogen) atoms. The van der Waals surface area contributed by atoms with Gasteiger partial charge in [-0.2, -0.15) is 0 Å². The molecule has 0 fully saturated rings. The summed E-state index contributed by atoms with van der Waals surface area (Å²) in [6.45, 7) is 2.63. The number of likely N-dealkylation sites (N-methyl/N-ethyl adjacent to an activating group) is 1. The Bertz CT molecular complexity index is 1110. The van der Waals surface area contributed by atoms with Gasteiger partial charge in [0.2, 0.25) is 11.8 Å². The van der Waals surface area contributed by atoms with Crippen LogP contribution in [-0.4, -0.2) is 29.3 Å². The van der Waals surface area contributed by atoms with E-state index in [0.717, 1.165) is 15.6 Å². The molecule has 2 amide bonds. The van der Waals surface area contributed by atoms with E-state index >= 15 is 0 Å². The number of carbonyl (C=O) groups excluding carboxylic acids is 2. The SMILES string of the molecule is CCNC(=O)[C@@H](Cc1ccccc1)N(Cc1cccc(Br)c1)C(=O)Cc1ccc(Cl)cc1Cl. The molecule has 0 saturated heterocycles. The lowest BCUT2D eigenvalue weighted by Gasteiger charge is -2.31. The van der Waals surface area contributed by atoms with Crippen LogP contribution < -0.4 is 5.32 Å². The number of hydrogen-bond acceptors (Lipinski definition) is 2. The van der Waals surface area contributed by atoms with Gasteiger partial charge in [-0.3, -0.25) is 9.59 Å². The van der Waals surface area contributed by atoms with Gasteiger partial charge in [0.25, 0.3) is 0 Å². The Labute approximate surface area is 213 Å². The van der Waals surface area contributed by atoms with Gasteiger partial charge in [-0.05, 0) is 47.9 Å². The zero-order valence-corrected chi connectivity index (χ0v) is 21.3. The third kappa shape index (κ3) is 7.32. The van der Waals surface area contributed by atoms with E-state index in [-0.39, 0.29) is 24.8 Å². The van der Waals surface area contributed by atoms with E-state index in [0.29, 0.717) is 28.6 Å². The minimum atomic E-state index is -0.676. The normalized spacial score (nSPS) is 11.6. The first-order valence-electron chi connectivity index (χ1n) is 10.7. The maximum atomic E-state index is 13.6. The van der Waals surface area contributed by atoms with E-state index in [1.807, 2.05) is 61.5 Å². The van der Waals surface area contributed by atoms with Crippen molar-refractivity contribution in [2.45, 2.75) is 32.4 Å². The average Bonchev–Trinajstić information content (AvgIpc) is 2.79. The molecule has 0 heterocycles. The second kappa shape index (κ2) is 12.2. The third-order valence-electron chi connectivity index (χ3n) is 5.22. The fourth-order valence-corrected chi connectivity index (χ4v) is 4.53. The Morgan fingerprint density at radius 1 is 0.970 bits per heavy atom. The number of amides is 2. The van der Waals surface area contributed by atoms with Gasteiger partial charge < -0.3 is 10.2 Å². The molecule has 0 aliphatic rings. The van der Waals surface area contributed by atoms with Crippen molar-refractivity contribution in [1.82, 2.24) is 10.2 Å². The van der Waals surface area contributed by atoms with E-state index in [1.54, 1.807) is 23.1 Å². The summed E-state index contributed by atoms with van der Waals surface area (Å²) in [7, 11) is 0. The van der Waals surface area contributed by atoms with Crippen LogP contribution in [0.1, 0.15) is 23.6 Å². The minimum Gasteiger partial charge on any atom is -0.355 e. The largest absolute Gasteiger partial charge is 0.355 e. The number of nitrogens with zero attached hydrogens (tertiary/aromatic N) is 1. The van der Waals surface area contributed by atoms with E-state index in [9.17, 15) is 9.59 Å². The Balaban J connectivity index is 1.97. The highest BCUT2D eigenvalue weighted by molar-refractivity contribution is 9.10. The minimum absolute atomic E-state index is 0.0642. The van der Waals surface area contributed by atoms with Crippen LogP contribution in [0.2, 0.25) is 10.0 Å². The molecule has 0 aliphatic carbocycles. The van der Waals surface area contributed by atoms with Crippen LogP contribution >= 0.6 is 39.1 Å². The highest BCUT2D eigenvalue weighted by atomic mass is 79.9. The molecule has 0 saturated carbocycles. The summed E-state index contributed by atoms with van der Waals surface area (Å²) in [6, 6.07) is 21.8. The van der Waals surface area contributed by atoms with Gasteiger partial charge in [-0.1, -0.05) is 87.7 Å². The predicted octanol–water partition coefficient (Wildman–Crippen LogP) is 6.07. The van der Waals surface area contributed by atoms with Gasteiger partial charge in [0.1, 0.15) is 6.04 Å². The lowest BCUT2D eigenvalue weighted by Crippen LogP contribution is -2.51. The molecule has 0 spiro atoms. The predicted molar refractivity (Wildman–Crippen MR) is 137 cm³/mol. The summed E-state index contributed by atoms with van der Waals surface area (Å²) in [5.74, 6) is -0.377.